The van der Waals surface area contributed by atoms with Crippen LogP contribution < -0.4 is 5.32 Å². The van der Waals surface area contributed by atoms with Gasteiger partial charge in [0.25, 0.3) is 0 Å². The lowest BCUT2D eigenvalue weighted by atomic mass is 10.2. The Hall–Kier alpha value is -0.770. The maximum atomic E-state index is 5.70. The molecule has 2 nitrogen and oxygen atoms in total. The molecule has 16 heavy (non-hydrogen) atoms. The third-order valence-corrected chi connectivity index (χ3v) is 3.79. The van der Waals surface area contributed by atoms with Crippen LogP contribution >= 0.6 is 22.9 Å². The smallest absolute Gasteiger partial charge is 0.193 e. The van der Waals surface area contributed by atoms with Crippen LogP contribution in [0.2, 0.25) is 5.22 Å². The van der Waals surface area contributed by atoms with Gasteiger partial charge >= 0.3 is 0 Å². The second kappa shape index (κ2) is 5.04. The third kappa shape index (κ3) is 2.88. The predicted octanol–water partition coefficient (Wildman–Crippen LogP) is 4.15. The summed E-state index contributed by atoms with van der Waals surface area (Å²) in [4.78, 5) is 2.68. The Bertz CT molecular complexity index is 463. The zero-order valence-corrected chi connectivity index (χ0v) is 10.9. The molecule has 1 unspecified atom stereocenters. The van der Waals surface area contributed by atoms with E-state index in [0.717, 1.165) is 5.76 Å². The Labute approximate surface area is 104 Å². The van der Waals surface area contributed by atoms with Gasteiger partial charge in [-0.15, -0.1) is 11.3 Å². The molecule has 0 amide bonds. The molecule has 0 aromatic carbocycles. The van der Waals surface area contributed by atoms with Crippen molar-refractivity contribution in [3.63, 3.8) is 0 Å². The average molecular weight is 256 g/mol. The number of nitrogens with one attached hydrogen (secondary N) is 1. The lowest BCUT2D eigenvalue weighted by Crippen LogP contribution is -2.16. The van der Waals surface area contributed by atoms with Gasteiger partial charge < -0.3 is 9.73 Å². The van der Waals surface area contributed by atoms with Crippen molar-refractivity contribution in [1.82, 2.24) is 5.32 Å². The van der Waals surface area contributed by atoms with Crippen LogP contribution in [0.5, 0.6) is 0 Å². The number of hydrogen-bond donors (Lipinski definition) is 1. The minimum atomic E-state index is 0.336. The van der Waals surface area contributed by atoms with Crippen LogP contribution in [-0.2, 0) is 6.54 Å². The maximum absolute atomic E-state index is 5.70. The highest BCUT2D eigenvalue weighted by Crippen LogP contribution is 2.23. The lowest BCUT2D eigenvalue weighted by molar-refractivity contribution is 0.463. The molecule has 86 valence electrons. The summed E-state index contributed by atoms with van der Waals surface area (Å²) in [6, 6.07) is 8.29. The third-order valence-electron chi connectivity index (χ3n) is 2.40. The van der Waals surface area contributed by atoms with Gasteiger partial charge in [0.1, 0.15) is 5.76 Å². The molecule has 0 aliphatic carbocycles. The molecular weight excluding hydrogens is 242 g/mol. The van der Waals surface area contributed by atoms with Crippen molar-refractivity contribution in [2.45, 2.75) is 26.4 Å². The van der Waals surface area contributed by atoms with Crippen molar-refractivity contribution in [2.75, 3.05) is 0 Å². The van der Waals surface area contributed by atoms with Gasteiger partial charge in [0, 0.05) is 15.8 Å². The van der Waals surface area contributed by atoms with E-state index in [9.17, 15) is 0 Å². The molecule has 0 spiro atoms. The minimum Gasteiger partial charge on any atom is -0.448 e. The molecule has 2 aromatic heterocycles. The summed E-state index contributed by atoms with van der Waals surface area (Å²) in [6.07, 6.45) is 0. The Balaban J connectivity index is 1.91. The van der Waals surface area contributed by atoms with Gasteiger partial charge in [0.2, 0.25) is 0 Å². The van der Waals surface area contributed by atoms with E-state index in [4.69, 9.17) is 16.0 Å². The SMILES string of the molecule is Cc1ccc(C(C)NCc2ccc(Cl)o2)s1. The number of thiophene rings is 1. The molecule has 4 heteroatoms. The van der Waals surface area contributed by atoms with Crippen LogP contribution in [0.4, 0.5) is 0 Å². The fourth-order valence-electron chi connectivity index (χ4n) is 1.49. The summed E-state index contributed by atoms with van der Waals surface area (Å²) in [5, 5.41) is 3.84. The lowest BCUT2D eigenvalue weighted by Gasteiger charge is -2.10. The Morgan fingerprint density at radius 1 is 1.38 bits per heavy atom. The molecule has 0 saturated carbocycles. The topological polar surface area (TPSA) is 25.2 Å². The molecule has 0 fully saturated rings. The van der Waals surface area contributed by atoms with Crippen LogP contribution in [0.1, 0.15) is 28.5 Å². The highest BCUT2D eigenvalue weighted by Gasteiger charge is 2.08. The van der Waals surface area contributed by atoms with E-state index in [1.54, 1.807) is 6.07 Å². The van der Waals surface area contributed by atoms with E-state index in [-0.39, 0.29) is 0 Å². The van der Waals surface area contributed by atoms with Gasteiger partial charge in [0.15, 0.2) is 5.22 Å². The fraction of sp³-hybridized carbons (Fsp3) is 0.333. The van der Waals surface area contributed by atoms with E-state index in [0.29, 0.717) is 17.8 Å². The zero-order valence-electron chi connectivity index (χ0n) is 9.29. The van der Waals surface area contributed by atoms with Gasteiger partial charge in [-0.2, -0.15) is 0 Å². The first kappa shape index (κ1) is 11.7. The number of hydrogen-bond acceptors (Lipinski definition) is 3. The molecular formula is C12H14ClNOS. The highest BCUT2D eigenvalue weighted by molar-refractivity contribution is 7.12. The predicted molar refractivity (Wildman–Crippen MR) is 68.0 cm³/mol. The van der Waals surface area contributed by atoms with Crippen molar-refractivity contribution in [2.24, 2.45) is 0 Å². The quantitative estimate of drug-likeness (QED) is 0.888. The van der Waals surface area contributed by atoms with Gasteiger partial charge in [0.05, 0.1) is 6.54 Å². The summed E-state index contributed by atoms with van der Waals surface area (Å²) in [6.45, 7) is 4.97. The molecule has 0 saturated heterocycles. The largest absolute Gasteiger partial charge is 0.448 e. The number of rotatable bonds is 4. The van der Waals surface area contributed by atoms with Gasteiger partial charge in [-0.05, 0) is 49.7 Å². The second-order valence-corrected chi connectivity index (χ2v) is 5.45. The second-order valence-electron chi connectivity index (χ2n) is 3.76. The van der Waals surface area contributed by atoms with Crippen molar-refractivity contribution >= 4 is 22.9 Å². The van der Waals surface area contributed by atoms with Crippen molar-refractivity contribution < 1.29 is 4.42 Å². The normalized spacial score (nSPS) is 12.9. The minimum absolute atomic E-state index is 0.336. The molecule has 2 rings (SSSR count). The molecule has 1 N–H and O–H groups in total. The summed E-state index contributed by atoms with van der Waals surface area (Å²) in [5.41, 5.74) is 0. The van der Waals surface area contributed by atoms with E-state index >= 15 is 0 Å². The molecule has 0 radical (unpaired) electrons. The van der Waals surface area contributed by atoms with Gasteiger partial charge in [-0.25, -0.2) is 0 Å². The standard InChI is InChI=1S/C12H14ClNOS/c1-8-3-5-11(16-8)9(2)14-7-10-4-6-12(13)15-10/h3-6,9,14H,7H2,1-2H3. The Morgan fingerprint density at radius 3 is 2.75 bits per heavy atom. The first-order chi connectivity index (χ1) is 7.65. The van der Waals surface area contributed by atoms with Crippen LogP contribution in [0.3, 0.4) is 0 Å². The number of furan rings is 1. The van der Waals surface area contributed by atoms with E-state index in [1.807, 2.05) is 17.4 Å². The Morgan fingerprint density at radius 2 is 2.19 bits per heavy atom. The van der Waals surface area contributed by atoms with Crippen molar-refractivity contribution in [3.05, 3.63) is 45.0 Å². The van der Waals surface area contributed by atoms with Crippen LogP contribution in [0.25, 0.3) is 0 Å². The summed E-state index contributed by atoms with van der Waals surface area (Å²) >= 11 is 7.52. The van der Waals surface area contributed by atoms with Crippen molar-refractivity contribution in [3.8, 4) is 0 Å². The van der Waals surface area contributed by atoms with Crippen LogP contribution in [-0.4, -0.2) is 0 Å². The first-order valence-corrected chi connectivity index (χ1v) is 6.38. The number of aryl methyl sites for hydroxylation is 1. The summed E-state index contributed by atoms with van der Waals surface area (Å²) in [5.74, 6) is 0.866. The van der Waals surface area contributed by atoms with Crippen molar-refractivity contribution in [1.29, 1.82) is 0 Å². The fourth-order valence-corrected chi connectivity index (χ4v) is 2.55. The highest BCUT2D eigenvalue weighted by atomic mass is 35.5. The van der Waals surface area contributed by atoms with E-state index in [1.165, 1.54) is 9.75 Å². The maximum Gasteiger partial charge on any atom is 0.193 e. The van der Waals surface area contributed by atoms with E-state index < -0.39 is 0 Å². The molecule has 1 atom stereocenters. The van der Waals surface area contributed by atoms with Gasteiger partial charge in [-0.3, -0.25) is 0 Å². The number of halogens is 1. The summed E-state index contributed by atoms with van der Waals surface area (Å²) < 4.78 is 5.28. The molecule has 2 heterocycles. The van der Waals surface area contributed by atoms with E-state index in [2.05, 4.69) is 31.3 Å². The zero-order chi connectivity index (χ0) is 11.5. The van der Waals surface area contributed by atoms with Gasteiger partial charge in [-0.1, -0.05) is 0 Å². The molecule has 0 aliphatic rings. The monoisotopic (exact) mass is 255 g/mol. The average Bonchev–Trinajstić information content (AvgIpc) is 2.84. The molecule has 2 aromatic rings. The van der Waals surface area contributed by atoms with Crippen LogP contribution in [0.15, 0.2) is 28.7 Å². The Kier molecular flexibility index (Phi) is 3.69. The van der Waals surface area contributed by atoms with Crippen LogP contribution in [0, 0.1) is 6.92 Å². The molecule has 0 aliphatic heterocycles. The summed E-state index contributed by atoms with van der Waals surface area (Å²) in [7, 11) is 0. The first-order valence-electron chi connectivity index (χ1n) is 5.19. The molecule has 0 bridgehead atoms.